The summed E-state index contributed by atoms with van der Waals surface area (Å²) in [6.45, 7) is 9.30. The number of amides is 2. The fourth-order valence-corrected chi connectivity index (χ4v) is 3.83. The van der Waals surface area contributed by atoms with E-state index in [1.54, 1.807) is 45.0 Å². The normalized spacial score (nSPS) is 12.3. The van der Waals surface area contributed by atoms with Gasteiger partial charge in [-0.2, -0.15) is 0 Å². The maximum Gasteiger partial charge on any atom is 0.345 e. The molecule has 1 aliphatic heterocycles. The van der Waals surface area contributed by atoms with Gasteiger partial charge in [-0.05, 0) is 52.3 Å². The van der Waals surface area contributed by atoms with Gasteiger partial charge in [-0.15, -0.1) is 0 Å². The van der Waals surface area contributed by atoms with E-state index in [0.717, 1.165) is 21.6 Å². The average Bonchev–Trinajstić information content (AvgIpc) is 2.96. The third-order valence-corrected chi connectivity index (χ3v) is 6.00. The highest BCUT2D eigenvalue weighted by Gasteiger charge is 2.34. The standard InChI is InChI=1S/C18H22O5.C15H15NO4/c1-4-22-17(20)16(18(21)23-5-2)11-10-15(19)12-14-8-6-13(3)7-9-14;1-3-20-15(19)12-8-9-13(17)16(14(12)18)11-6-4-10(2)5-7-11/h6-9,11H,4-5,10,12H2,1-3H3;4-8H,3,9H2,1-2H3. The van der Waals surface area contributed by atoms with Gasteiger partial charge in [-0.25, -0.2) is 19.3 Å². The molecule has 0 aromatic heterocycles. The van der Waals surface area contributed by atoms with Crippen molar-refractivity contribution in [2.45, 2.75) is 53.9 Å². The van der Waals surface area contributed by atoms with E-state index < -0.39 is 23.8 Å². The summed E-state index contributed by atoms with van der Waals surface area (Å²) in [7, 11) is 0. The van der Waals surface area contributed by atoms with Crippen molar-refractivity contribution in [3.05, 3.63) is 88.5 Å². The Hall–Kier alpha value is -4.86. The first kappa shape index (κ1) is 34.3. The van der Waals surface area contributed by atoms with E-state index in [1.807, 2.05) is 38.1 Å². The minimum atomic E-state index is -0.769. The molecule has 2 aromatic rings. The number of nitrogens with zero attached hydrogens (tertiary/aromatic N) is 1. The number of allylic oxidation sites excluding steroid dienone is 1. The van der Waals surface area contributed by atoms with Gasteiger partial charge in [0.15, 0.2) is 0 Å². The Morgan fingerprint density at radius 3 is 1.79 bits per heavy atom. The molecular weight excluding hydrogens is 554 g/mol. The van der Waals surface area contributed by atoms with Gasteiger partial charge in [0, 0.05) is 19.3 Å². The van der Waals surface area contributed by atoms with Crippen LogP contribution in [0.5, 0.6) is 0 Å². The van der Waals surface area contributed by atoms with E-state index in [-0.39, 0.29) is 61.9 Å². The quantitative estimate of drug-likeness (QED) is 0.0937. The number of esters is 3. The predicted octanol–water partition coefficient (Wildman–Crippen LogP) is 4.30. The van der Waals surface area contributed by atoms with Gasteiger partial charge in [-0.1, -0.05) is 59.7 Å². The maximum atomic E-state index is 12.3. The second-order valence-corrected chi connectivity index (χ2v) is 9.38. The number of carbonyl (C=O) groups is 6. The summed E-state index contributed by atoms with van der Waals surface area (Å²) in [5.74, 6) is -3.32. The molecule has 2 aromatic carbocycles. The smallest absolute Gasteiger partial charge is 0.345 e. The molecule has 0 saturated carbocycles. The number of aryl methyl sites for hydroxylation is 2. The van der Waals surface area contributed by atoms with Crippen LogP contribution in [0.3, 0.4) is 0 Å². The number of ketones is 1. The third-order valence-electron chi connectivity index (χ3n) is 6.00. The maximum absolute atomic E-state index is 12.3. The third kappa shape index (κ3) is 10.5. The number of anilines is 1. The van der Waals surface area contributed by atoms with E-state index in [9.17, 15) is 28.8 Å². The highest BCUT2D eigenvalue weighted by atomic mass is 16.6. The molecule has 10 heteroatoms. The predicted molar refractivity (Wildman–Crippen MR) is 159 cm³/mol. The monoisotopic (exact) mass is 591 g/mol. The van der Waals surface area contributed by atoms with Crippen LogP contribution in [-0.2, 0) is 49.4 Å². The lowest BCUT2D eigenvalue weighted by molar-refractivity contribution is -0.147. The van der Waals surface area contributed by atoms with E-state index in [0.29, 0.717) is 5.69 Å². The highest BCUT2D eigenvalue weighted by Crippen LogP contribution is 2.23. The Labute approximate surface area is 251 Å². The lowest BCUT2D eigenvalue weighted by atomic mass is 10.0. The number of imide groups is 1. The molecule has 2 amide bonds. The van der Waals surface area contributed by atoms with Crippen LogP contribution in [0.15, 0.2) is 71.8 Å². The van der Waals surface area contributed by atoms with Crippen LogP contribution < -0.4 is 4.90 Å². The van der Waals surface area contributed by atoms with Gasteiger partial charge in [0.1, 0.15) is 16.9 Å². The molecule has 1 aliphatic rings. The molecule has 0 bridgehead atoms. The summed E-state index contributed by atoms with van der Waals surface area (Å²) in [5, 5.41) is 0. The number of ether oxygens (including phenoxy) is 3. The molecule has 0 spiro atoms. The molecule has 228 valence electrons. The summed E-state index contributed by atoms with van der Waals surface area (Å²) in [6, 6.07) is 14.6. The largest absolute Gasteiger partial charge is 0.462 e. The van der Waals surface area contributed by atoms with Crippen molar-refractivity contribution >= 4 is 41.2 Å². The van der Waals surface area contributed by atoms with Crippen molar-refractivity contribution in [2.75, 3.05) is 24.7 Å². The molecule has 0 aliphatic carbocycles. The number of hydrogen-bond acceptors (Lipinski definition) is 9. The van der Waals surface area contributed by atoms with Crippen LogP contribution in [0, 0.1) is 13.8 Å². The van der Waals surface area contributed by atoms with Crippen LogP contribution in [-0.4, -0.2) is 55.3 Å². The number of rotatable bonds is 11. The minimum absolute atomic E-state index is 0.00770. The number of Topliss-reactive ketones (excluding diaryl/α,β-unsaturated/α-hetero) is 1. The van der Waals surface area contributed by atoms with Crippen LogP contribution in [0.2, 0.25) is 0 Å². The molecule has 0 radical (unpaired) electrons. The first-order valence-electron chi connectivity index (χ1n) is 13.9. The minimum Gasteiger partial charge on any atom is -0.462 e. The van der Waals surface area contributed by atoms with Gasteiger partial charge in [0.2, 0.25) is 5.91 Å². The van der Waals surface area contributed by atoms with Gasteiger partial charge >= 0.3 is 17.9 Å². The van der Waals surface area contributed by atoms with Crippen LogP contribution >= 0.6 is 0 Å². The Kier molecular flexibility index (Phi) is 13.7. The van der Waals surface area contributed by atoms with Crippen LogP contribution in [0.25, 0.3) is 0 Å². The zero-order valence-electron chi connectivity index (χ0n) is 25.1. The molecule has 1 heterocycles. The first-order valence-corrected chi connectivity index (χ1v) is 13.9. The zero-order chi connectivity index (χ0) is 31.9. The molecule has 0 N–H and O–H groups in total. The molecule has 0 fully saturated rings. The number of carbonyl (C=O) groups excluding carboxylic acids is 6. The molecular formula is C33H37NO9. The molecule has 43 heavy (non-hydrogen) atoms. The number of benzene rings is 2. The molecule has 0 saturated heterocycles. The second-order valence-electron chi connectivity index (χ2n) is 9.38. The Morgan fingerprint density at radius 1 is 0.767 bits per heavy atom. The van der Waals surface area contributed by atoms with Crippen molar-refractivity contribution in [1.82, 2.24) is 0 Å². The highest BCUT2D eigenvalue weighted by molar-refractivity contribution is 6.31. The summed E-state index contributed by atoms with van der Waals surface area (Å²) < 4.78 is 14.5. The van der Waals surface area contributed by atoms with E-state index in [4.69, 9.17) is 14.2 Å². The fourth-order valence-electron chi connectivity index (χ4n) is 3.83. The van der Waals surface area contributed by atoms with Gasteiger partial charge in [0.25, 0.3) is 5.91 Å². The van der Waals surface area contributed by atoms with E-state index in [2.05, 4.69) is 0 Å². The Morgan fingerprint density at radius 2 is 1.28 bits per heavy atom. The van der Waals surface area contributed by atoms with Crippen LogP contribution in [0.1, 0.15) is 50.3 Å². The SMILES string of the molecule is CCOC(=O)C(=CCC(=O)Cc1ccc(C)cc1)C(=O)OCC.CCOC(=O)C1=CCC(=O)N(c2ccc(C)cc2)C1=O. The fraction of sp³-hybridized carbons (Fsp3) is 0.333. The van der Waals surface area contributed by atoms with Gasteiger partial charge in [-0.3, -0.25) is 14.4 Å². The van der Waals surface area contributed by atoms with E-state index >= 15 is 0 Å². The molecule has 3 rings (SSSR count). The van der Waals surface area contributed by atoms with Crippen molar-refractivity contribution in [1.29, 1.82) is 0 Å². The lowest BCUT2D eigenvalue weighted by Gasteiger charge is -2.24. The van der Waals surface area contributed by atoms with Crippen molar-refractivity contribution in [2.24, 2.45) is 0 Å². The molecule has 0 atom stereocenters. The Bertz CT molecular complexity index is 1370. The zero-order valence-corrected chi connectivity index (χ0v) is 25.1. The topological polar surface area (TPSA) is 133 Å². The van der Waals surface area contributed by atoms with Gasteiger partial charge in [0.05, 0.1) is 25.5 Å². The summed E-state index contributed by atoms with van der Waals surface area (Å²) in [5.41, 5.74) is 3.17. The molecule has 0 unspecified atom stereocenters. The summed E-state index contributed by atoms with van der Waals surface area (Å²) in [4.78, 5) is 72.5. The summed E-state index contributed by atoms with van der Waals surface area (Å²) >= 11 is 0. The van der Waals surface area contributed by atoms with E-state index in [1.165, 1.54) is 12.2 Å². The van der Waals surface area contributed by atoms with Crippen molar-refractivity contribution in [3.8, 4) is 0 Å². The summed E-state index contributed by atoms with van der Waals surface area (Å²) in [6.07, 6.45) is 2.84. The van der Waals surface area contributed by atoms with Crippen molar-refractivity contribution < 1.29 is 43.0 Å². The molecule has 10 nitrogen and oxygen atoms in total. The lowest BCUT2D eigenvalue weighted by Crippen LogP contribution is -2.42. The number of hydrogen-bond donors (Lipinski definition) is 0. The van der Waals surface area contributed by atoms with Crippen LogP contribution in [0.4, 0.5) is 5.69 Å². The first-order chi connectivity index (χ1) is 20.5. The average molecular weight is 592 g/mol. The van der Waals surface area contributed by atoms with Gasteiger partial charge < -0.3 is 14.2 Å². The Balaban J connectivity index is 0.000000303. The van der Waals surface area contributed by atoms with Crippen molar-refractivity contribution in [3.63, 3.8) is 0 Å². The second kappa shape index (κ2) is 17.2.